The van der Waals surface area contributed by atoms with Crippen LogP contribution in [-0.4, -0.2) is 20.9 Å². The first-order valence-corrected chi connectivity index (χ1v) is 6.29. The molecular formula is C13H11ClF2N2O2. The van der Waals surface area contributed by atoms with Gasteiger partial charge in [-0.05, 0) is 18.6 Å². The highest BCUT2D eigenvalue weighted by Gasteiger charge is 2.24. The maximum absolute atomic E-state index is 13.8. The number of aromatic carboxylic acids is 1. The van der Waals surface area contributed by atoms with Gasteiger partial charge in [0.15, 0.2) is 11.5 Å². The number of aromatic nitrogens is 2. The van der Waals surface area contributed by atoms with E-state index in [1.807, 2.05) is 6.92 Å². The first-order valence-electron chi connectivity index (χ1n) is 5.91. The van der Waals surface area contributed by atoms with E-state index in [-0.39, 0.29) is 16.4 Å². The summed E-state index contributed by atoms with van der Waals surface area (Å²) in [5.74, 6) is -2.99. The number of carbonyl (C=O) groups is 1. The van der Waals surface area contributed by atoms with Crippen molar-refractivity contribution in [3.63, 3.8) is 0 Å². The molecule has 1 N–H and O–H groups in total. The molecule has 0 saturated heterocycles. The van der Waals surface area contributed by atoms with Crippen molar-refractivity contribution in [2.24, 2.45) is 0 Å². The molecule has 0 bridgehead atoms. The van der Waals surface area contributed by atoms with Crippen LogP contribution in [0.1, 0.15) is 29.5 Å². The number of nitrogens with zero attached hydrogens (tertiary/aromatic N) is 2. The van der Waals surface area contributed by atoms with Crippen LogP contribution in [-0.2, 0) is 6.42 Å². The number of halogens is 3. The Morgan fingerprint density at radius 1 is 1.45 bits per heavy atom. The summed E-state index contributed by atoms with van der Waals surface area (Å²) in [5.41, 5.74) is -0.121. The Labute approximate surface area is 118 Å². The van der Waals surface area contributed by atoms with Crippen molar-refractivity contribution in [3.8, 4) is 5.69 Å². The van der Waals surface area contributed by atoms with Crippen molar-refractivity contribution in [2.45, 2.75) is 19.8 Å². The molecular weight excluding hydrogens is 290 g/mol. The highest BCUT2D eigenvalue weighted by Crippen LogP contribution is 2.26. The molecule has 106 valence electrons. The lowest BCUT2D eigenvalue weighted by atomic mass is 10.2. The Bertz CT molecular complexity index is 671. The Morgan fingerprint density at radius 2 is 2.15 bits per heavy atom. The van der Waals surface area contributed by atoms with Crippen molar-refractivity contribution in [1.82, 2.24) is 9.78 Å². The van der Waals surface area contributed by atoms with Crippen LogP contribution in [0.2, 0.25) is 5.02 Å². The van der Waals surface area contributed by atoms with E-state index in [0.717, 1.165) is 16.8 Å². The number of rotatable bonds is 4. The SMILES string of the molecule is CCCc1nn(-c2ccc(F)cc2F)c(C(=O)O)c1Cl. The second kappa shape index (κ2) is 5.58. The van der Waals surface area contributed by atoms with Gasteiger partial charge < -0.3 is 5.11 Å². The third kappa shape index (κ3) is 2.51. The Balaban J connectivity index is 2.66. The van der Waals surface area contributed by atoms with Crippen molar-refractivity contribution in [2.75, 3.05) is 0 Å². The Hall–Kier alpha value is -1.95. The maximum atomic E-state index is 13.8. The molecule has 0 aliphatic carbocycles. The van der Waals surface area contributed by atoms with Crippen molar-refractivity contribution in [1.29, 1.82) is 0 Å². The highest BCUT2D eigenvalue weighted by atomic mass is 35.5. The number of carboxylic acids is 1. The molecule has 7 heteroatoms. The van der Waals surface area contributed by atoms with E-state index in [0.29, 0.717) is 24.6 Å². The summed E-state index contributed by atoms with van der Waals surface area (Å²) in [7, 11) is 0. The van der Waals surface area contributed by atoms with Gasteiger partial charge in [-0.1, -0.05) is 24.9 Å². The van der Waals surface area contributed by atoms with Crippen LogP contribution in [0.15, 0.2) is 18.2 Å². The number of benzene rings is 1. The van der Waals surface area contributed by atoms with Gasteiger partial charge in [-0.3, -0.25) is 0 Å². The summed E-state index contributed by atoms with van der Waals surface area (Å²) in [6.45, 7) is 1.88. The van der Waals surface area contributed by atoms with Crippen LogP contribution in [0.4, 0.5) is 8.78 Å². The normalized spacial score (nSPS) is 10.8. The van der Waals surface area contributed by atoms with Gasteiger partial charge in [0.25, 0.3) is 0 Å². The summed E-state index contributed by atoms with van der Waals surface area (Å²) < 4.78 is 27.6. The minimum absolute atomic E-state index is 0.0249. The van der Waals surface area contributed by atoms with E-state index in [1.54, 1.807) is 0 Å². The van der Waals surface area contributed by atoms with Crippen LogP contribution in [0, 0.1) is 11.6 Å². The molecule has 0 radical (unpaired) electrons. The van der Waals surface area contributed by atoms with Crippen LogP contribution < -0.4 is 0 Å². The predicted molar refractivity (Wildman–Crippen MR) is 69.4 cm³/mol. The number of aryl methyl sites for hydroxylation is 1. The predicted octanol–water partition coefficient (Wildman–Crippen LogP) is 3.45. The monoisotopic (exact) mass is 300 g/mol. The van der Waals surface area contributed by atoms with Crippen LogP contribution in [0.3, 0.4) is 0 Å². The van der Waals surface area contributed by atoms with E-state index < -0.39 is 17.6 Å². The lowest BCUT2D eigenvalue weighted by Crippen LogP contribution is -2.10. The van der Waals surface area contributed by atoms with Gasteiger partial charge in [0, 0.05) is 6.07 Å². The zero-order valence-corrected chi connectivity index (χ0v) is 11.3. The molecule has 0 unspecified atom stereocenters. The minimum Gasteiger partial charge on any atom is -0.476 e. The van der Waals surface area contributed by atoms with Gasteiger partial charge in [-0.15, -0.1) is 0 Å². The average molecular weight is 301 g/mol. The molecule has 0 amide bonds. The summed E-state index contributed by atoms with van der Waals surface area (Å²) in [5, 5.41) is 13.2. The van der Waals surface area contributed by atoms with Gasteiger partial charge in [0.1, 0.15) is 11.5 Å². The number of carboxylic acid groups (broad SMARTS) is 1. The number of hydrogen-bond acceptors (Lipinski definition) is 2. The zero-order valence-electron chi connectivity index (χ0n) is 10.5. The van der Waals surface area contributed by atoms with Crippen molar-refractivity contribution >= 4 is 17.6 Å². The van der Waals surface area contributed by atoms with Gasteiger partial charge in [0.05, 0.1) is 10.7 Å². The van der Waals surface area contributed by atoms with Gasteiger partial charge >= 0.3 is 5.97 Å². The lowest BCUT2D eigenvalue weighted by molar-refractivity contribution is 0.0687. The molecule has 0 spiro atoms. The molecule has 1 heterocycles. The fourth-order valence-corrected chi connectivity index (χ4v) is 2.15. The van der Waals surface area contributed by atoms with E-state index >= 15 is 0 Å². The summed E-state index contributed by atoms with van der Waals surface area (Å²) in [6.07, 6.45) is 1.18. The summed E-state index contributed by atoms with van der Waals surface area (Å²) in [6, 6.07) is 2.81. The largest absolute Gasteiger partial charge is 0.476 e. The van der Waals surface area contributed by atoms with Crippen LogP contribution in [0.5, 0.6) is 0 Å². The van der Waals surface area contributed by atoms with E-state index in [2.05, 4.69) is 5.10 Å². The molecule has 1 aromatic carbocycles. The van der Waals surface area contributed by atoms with Gasteiger partial charge in [-0.2, -0.15) is 5.10 Å². The minimum atomic E-state index is -1.33. The first kappa shape index (κ1) is 14.5. The molecule has 4 nitrogen and oxygen atoms in total. The van der Waals surface area contributed by atoms with Crippen molar-refractivity contribution in [3.05, 3.63) is 46.2 Å². The van der Waals surface area contributed by atoms with Crippen LogP contribution in [0.25, 0.3) is 5.69 Å². The second-order valence-electron chi connectivity index (χ2n) is 4.17. The highest BCUT2D eigenvalue weighted by molar-refractivity contribution is 6.34. The Morgan fingerprint density at radius 3 is 2.70 bits per heavy atom. The third-order valence-corrected chi connectivity index (χ3v) is 3.12. The molecule has 0 aliphatic rings. The van der Waals surface area contributed by atoms with Gasteiger partial charge in [-0.25, -0.2) is 18.3 Å². The quantitative estimate of drug-likeness (QED) is 0.941. The third-order valence-electron chi connectivity index (χ3n) is 2.72. The molecule has 2 rings (SSSR count). The molecule has 1 aromatic heterocycles. The first-order chi connectivity index (χ1) is 9.45. The van der Waals surface area contributed by atoms with E-state index in [4.69, 9.17) is 11.6 Å². The molecule has 0 aliphatic heterocycles. The molecule has 0 atom stereocenters. The fraction of sp³-hybridized carbons (Fsp3) is 0.231. The van der Waals surface area contributed by atoms with Crippen molar-refractivity contribution < 1.29 is 18.7 Å². The average Bonchev–Trinajstić information content (AvgIpc) is 2.67. The molecule has 0 fully saturated rings. The van der Waals surface area contributed by atoms with E-state index in [1.165, 1.54) is 0 Å². The van der Waals surface area contributed by atoms with Gasteiger partial charge in [0.2, 0.25) is 0 Å². The summed E-state index contributed by atoms with van der Waals surface area (Å²) in [4.78, 5) is 11.3. The maximum Gasteiger partial charge on any atom is 0.356 e. The second-order valence-corrected chi connectivity index (χ2v) is 4.55. The Kier molecular flexibility index (Phi) is 4.04. The standard InChI is InChI=1S/C13H11ClF2N2O2/c1-2-3-9-11(14)12(13(19)20)18(17-9)10-5-4-7(15)6-8(10)16/h4-6H,2-3H2,1H3,(H,19,20). The summed E-state index contributed by atoms with van der Waals surface area (Å²) >= 11 is 5.98. The molecule has 0 saturated carbocycles. The lowest BCUT2D eigenvalue weighted by Gasteiger charge is -2.05. The van der Waals surface area contributed by atoms with Crippen LogP contribution >= 0.6 is 11.6 Å². The fourth-order valence-electron chi connectivity index (χ4n) is 1.85. The van der Waals surface area contributed by atoms with E-state index in [9.17, 15) is 18.7 Å². The molecule has 20 heavy (non-hydrogen) atoms. The topological polar surface area (TPSA) is 55.1 Å². The smallest absolute Gasteiger partial charge is 0.356 e. The number of hydrogen-bond donors (Lipinski definition) is 1. The molecule has 2 aromatic rings. The zero-order chi connectivity index (χ0) is 14.9.